The second-order valence-corrected chi connectivity index (χ2v) is 5.70. The molecule has 1 aromatic rings. The van der Waals surface area contributed by atoms with Crippen LogP contribution in [0.25, 0.3) is 0 Å². The molecule has 0 bridgehead atoms. The molecule has 0 aliphatic heterocycles. The van der Waals surface area contributed by atoms with Crippen LogP contribution < -0.4 is 5.73 Å². The molecule has 0 saturated heterocycles. The molecule has 2 nitrogen and oxygen atoms in total. The molecule has 0 spiro atoms. The summed E-state index contributed by atoms with van der Waals surface area (Å²) in [7, 11) is 0. The average Bonchev–Trinajstić information content (AvgIpc) is 2.64. The Kier molecular flexibility index (Phi) is 4.32. The van der Waals surface area contributed by atoms with Gasteiger partial charge in [-0.25, -0.2) is 0 Å². The number of hydrogen-bond acceptors (Lipinski definition) is 3. The van der Waals surface area contributed by atoms with E-state index in [0.29, 0.717) is 12.6 Å². The fraction of sp³-hybridized carbons (Fsp3) is 0.667. The van der Waals surface area contributed by atoms with Crippen molar-refractivity contribution in [2.24, 2.45) is 5.73 Å². The highest BCUT2D eigenvalue weighted by Crippen LogP contribution is 2.29. The molecule has 0 saturated carbocycles. The van der Waals surface area contributed by atoms with E-state index in [-0.39, 0.29) is 5.54 Å². The Balaban J connectivity index is 2.90. The van der Waals surface area contributed by atoms with Gasteiger partial charge in [-0.05, 0) is 38.8 Å². The van der Waals surface area contributed by atoms with Gasteiger partial charge in [0, 0.05) is 17.0 Å². The largest absolute Gasteiger partial charge is 0.329 e. The van der Waals surface area contributed by atoms with E-state index in [9.17, 15) is 0 Å². The first-order valence-electron chi connectivity index (χ1n) is 5.51. The van der Waals surface area contributed by atoms with Crippen LogP contribution in [0.1, 0.15) is 38.6 Å². The normalized spacial score (nSPS) is 14.5. The van der Waals surface area contributed by atoms with E-state index >= 15 is 0 Å². The van der Waals surface area contributed by atoms with Crippen LogP contribution in [0.3, 0.4) is 0 Å². The first-order chi connectivity index (χ1) is 7.00. The third-order valence-electron chi connectivity index (χ3n) is 2.67. The molecule has 0 aliphatic carbocycles. The Morgan fingerprint density at radius 1 is 1.47 bits per heavy atom. The van der Waals surface area contributed by atoms with E-state index in [2.05, 4.69) is 50.1 Å². The zero-order valence-electron chi connectivity index (χ0n) is 10.2. The van der Waals surface area contributed by atoms with Gasteiger partial charge in [-0.3, -0.25) is 4.90 Å². The maximum absolute atomic E-state index is 5.90. The molecule has 1 aromatic heterocycles. The third kappa shape index (κ3) is 3.03. The quantitative estimate of drug-likeness (QED) is 0.855. The van der Waals surface area contributed by atoms with Crippen LogP contribution in [0.4, 0.5) is 0 Å². The predicted octanol–water partition coefficient (Wildman–Crippen LogP) is 2.87. The third-order valence-corrected chi connectivity index (χ3v) is 3.65. The smallest absolute Gasteiger partial charge is 0.0568 e. The van der Waals surface area contributed by atoms with Crippen molar-refractivity contribution in [2.75, 3.05) is 13.1 Å². The fourth-order valence-corrected chi connectivity index (χ4v) is 2.89. The Bertz CT molecular complexity index is 274. The number of nitrogens with zero attached hydrogens (tertiary/aromatic N) is 1. The van der Waals surface area contributed by atoms with Crippen LogP contribution in [-0.4, -0.2) is 23.5 Å². The fourth-order valence-electron chi connectivity index (χ4n) is 2.04. The zero-order valence-corrected chi connectivity index (χ0v) is 11.0. The maximum Gasteiger partial charge on any atom is 0.0568 e. The first-order valence-corrected chi connectivity index (χ1v) is 6.39. The summed E-state index contributed by atoms with van der Waals surface area (Å²) >= 11 is 1.79. The summed E-state index contributed by atoms with van der Waals surface area (Å²) in [5, 5.41) is 2.12. The van der Waals surface area contributed by atoms with Crippen LogP contribution in [0, 0.1) is 0 Å². The van der Waals surface area contributed by atoms with Gasteiger partial charge in [-0.1, -0.05) is 13.0 Å². The van der Waals surface area contributed by atoms with Crippen molar-refractivity contribution in [3.8, 4) is 0 Å². The lowest BCUT2D eigenvalue weighted by atomic mass is 10.0. The van der Waals surface area contributed by atoms with E-state index in [1.54, 1.807) is 11.3 Å². The zero-order chi connectivity index (χ0) is 11.5. The molecule has 86 valence electrons. The average molecular weight is 226 g/mol. The van der Waals surface area contributed by atoms with Gasteiger partial charge in [-0.2, -0.15) is 0 Å². The molecule has 3 heteroatoms. The van der Waals surface area contributed by atoms with Crippen LogP contribution in [-0.2, 0) is 0 Å². The minimum Gasteiger partial charge on any atom is -0.329 e. The lowest BCUT2D eigenvalue weighted by molar-refractivity contribution is 0.0938. The topological polar surface area (TPSA) is 29.3 Å². The number of nitrogens with two attached hydrogens (primary N) is 1. The monoisotopic (exact) mass is 226 g/mol. The summed E-state index contributed by atoms with van der Waals surface area (Å²) in [6, 6.07) is 4.63. The van der Waals surface area contributed by atoms with E-state index < -0.39 is 0 Å². The Morgan fingerprint density at radius 2 is 2.13 bits per heavy atom. The molecule has 1 heterocycles. The molecule has 1 rings (SSSR count). The highest BCUT2D eigenvalue weighted by atomic mass is 32.1. The number of hydrogen-bond donors (Lipinski definition) is 1. The molecule has 0 aliphatic rings. The van der Waals surface area contributed by atoms with Gasteiger partial charge in [0.2, 0.25) is 0 Å². The molecule has 0 fully saturated rings. The maximum atomic E-state index is 5.90. The van der Waals surface area contributed by atoms with Gasteiger partial charge in [0.15, 0.2) is 0 Å². The van der Waals surface area contributed by atoms with Crippen molar-refractivity contribution >= 4 is 11.3 Å². The standard InChI is InChI=1S/C12H22N2S/c1-5-14(12(2,3)4)10(9-13)11-7-6-8-15-11/h6-8,10H,5,9,13H2,1-4H3. The van der Waals surface area contributed by atoms with Crippen molar-refractivity contribution in [2.45, 2.75) is 39.3 Å². The lowest BCUT2D eigenvalue weighted by Crippen LogP contribution is -2.45. The highest BCUT2D eigenvalue weighted by molar-refractivity contribution is 7.10. The molecule has 1 atom stereocenters. The molecule has 1 unspecified atom stereocenters. The minimum absolute atomic E-state index is 0.169. The van der Waals surface area contributed by atoms with Crippen molar-refractivity contribution < 1.29 is 0 Å². The van der Waals surface area contributed by atoms with Crippen LogP contribution in [0.2, 0.25) is 0 Å². The van der Waals surface area contributed by atoms with Crippen molar-refractivity contribution in [1.29, 1.82) is 0 Å². The first kappa shape index (κ1) is 12.7. The van der Waals surface area contributed by atoms with Crippen LogP contribution in [0.5, 0.6) is 0 Å². The number of thiophene rings is 1. The second-order valence-electron chi connectivity index (χ2n) is 4.72. The number of likely N-dealkylation sites (N-methyl/N-ethyl adjacent to an activating group) is 1. The van der Waals surface area contributed by atoms with Crippen molar-refractivity contribution in [3.63, 3.8) is 0 Å². The Labute approximate surface area is 97.1 Å². The van der Waals surface area contributed by atoms with Crippen molar-refractivity contribution in [3.05, 3.63) is 22.4 Å². The summed E-state index contributed by atoms with van der Waals surface area (Å²) in [5.74, 6) is 0. The predicted molar refractivity (Wildman–Crippen MR) is 68.2 cm³/mol. The van der Waals surface area contributed by atoms with Gasteiger partial charge in [0.1, 0.15) is 0 Å². The van der Waals surface area contributed by atoms with Gasteiger partial charge < -0.3 is 5.73 Å². The van der Waals surface area contributed by atoms with Gasteiger partial charge >= 0.3 is 0 Å². The summed E-state index contributed by atoms with van der Waals surface area (Å²) in [6.07, 6.45) is 0. The van der Waals surface area contributed by atoms with E-state index in [1.165, 1.54) is 4.88 Å². The van der Waals surface area contributed by atoms with E-state index in [0.717, 1.165) is 6.54 Å². The van der Waals surface area contributed by atoms with E-state index in [4.69, 9.17) is 5.73 Å². The highest BCUT2D eigenvalue weighted by Gasteiger charge is 2.28. The van der Waals surface area contributed by atoms with E-state index in [1.807, 2.05) is 0 Å². The van der Waals surface area contributed by atoms with Crippen LogP contribution >= 0.6 is 11.3 Å². The molecular weight excluding hydrogens is 204 g/mol. The van der Waals surface area contributed by atoms with Gasteiger partial charge in [0.05, 0.1) is 6.04 Å². The van der Waals surface area contributed by atoms with Gasteiger partial charge in [-0.15, -0.1) is 11.3 Å². The van der Waals surface area contributed by atoms with Gasteiger partial charge in [0.25, 0.3) is 0 Å². The molecule has 0 aromatic carbocycles. The molecule has 0 radical (unpaired) electrons. The van der Waals surface area contributed by atoms with Crippen LogP contribution in [0.15, 0.2) is 17.5 Å². The second kappa shape index (κ2) is 5.10. The number of rotatable bonds is 4. The summed E-state index contributed by atoms with van der Waals surface area (Å²) < 4.78 is 0. The minimum atomic E-state index is 0.169. The molecular formula is C12H22N2S. The molecule has 15 heavy (non-hydrogen) atoms. The summed E-state index contributed by atoms with van der Waals surface area (Å²) in [5.41, 5.74) is 6.07. The summed E-state index contributed by atoms with van der Waals surface area (Å²) in [4.78, 5) is 3.83. The SMILES string of the molecule is CCN(C(CN)c1cccs1)C(C)(C)C. The molecule has 2 N–H and O–H groups in total. The Hall–Kier alpha value is -0.380. The van der Waals surface area contributed by atoms with Crippen molar-refractivity contribution in [1.82, 2.24) is 4.90 Å². The lowest BCUT2D eigenvalue weighted by Gasteiger charge is -2.40. The summed E-state index contributed by atoms with van der Waals surface area (Å²) in [6.45, 7) is 10.6. The molecule has 0 amide bonds. The Morgan fingerprint density at radius 3 is 2.47 bits per heavy atom.